The molecule has 1 aliphatic rings. The smallest absolute Gasteiger partial charge is 0.261 e. The van der Waals surface area contributed by atoms with Crippen molar-refractivity contribution >= 4 is 29.3 Å². The van der Waals surface area contributed by atoms with Gasteiger partial charge in [0.25, 0.3) is 17.7 Å². The first-order valence-corrected chi connectivity index (χ1v) is 8.96. The quantitative estimate of drug-likeness (QED) is 0.774. The van der Waals surface area contributed by atoms with Crippen LogP contribution in [0.3, 0.4) is 0 Å². The van der Waals surface area contributed by atoms with E-state index in [9.17, 15) is 14.4 Å². The van der Waals surface area contributed by atoms with Crippen LogP contribution in [0.4, 0.5) is 0 Å². The van der Waals surface area contributed by atoms with Gasteiger partial charge in [-0.05, 0) is 44.2 Å². The highest BCUT2D eigenvalue weighted by Crippen LogP contribution is 2.26. The van der Waals surface area contributed by atoms with Gasteiger partial charge < -0.3 is 10.1 Å². The summed E-state index contributed by atoms with van der Waals surface area (Å²) in [6.45, 7) is 4.01. The fourth-order valence-electron chi connectivity index (χ4n) is 2.82. The third-order valence-corrected chi connectivity index (χ3v) is 4.35. The van der Waals surface area contributed by atoms with Crippen LogP contribution in [0.5, 0.6) is 5.75 Å². The number of benzene rings is 2. The Bertz CT molecular complexity index is 876. The summed E-state index contributed by atoms with van der Waals surface area (Å²) >= 11 is 6.14. The monoisotopic (exact) mass is 386 g/mol. The van der Waals surface area contributed by atoms with Gasteiger partial charge in [0, 0.05) is 18.7 Å². The normalized spacial score (nSPS) is 13.1. The molecule has 0 aliphatic carbocycles. The molecule has 0 atom stereocenters. The van der Waals surface area contributed by atoms with E-state index in [1.165, 1.54) is 6.07 Å². The maximum Gasteiger partial charge on any atom is 0.261 e. The third kappa shape index (κ3) is 3.95. The molecule has 0 bridgehead atoms. The second-order valence-corrected chi connectivity index (χ2v) is 6.78. The Labute approximate surface area is 162 Å². The highest BCUT2D eigenvalue weighted by molar-refractivity contribution is 6.32. The average molecular weight is 387 g/mol. The molecule has 3 rings (SSSR count). The Hall–Kier alpha value is -2.86. The lowest BCUT2D eigenvalue weighted by molar-refractivity contribution is 0.0650. The van der Waals surface area contributed by atoms with Crippen molar-refractivity contribution in [2.45, 2.75) is 20.0 Å². The molecule has 2 aromatic carbocycles. The van der Waals surface area contributed by atoms with E-state index < -0.39 is 0 Å². The van der Waals surface area contributed by atoms with E-state index in [-0.39, 0.29) is 36.9 Å². The van der Waals surface area contributed by atoms with E-state index in [0.29, 0.717) is 27.5 Å². The van der Waals surface area contributed by atoms with Gasteiger partial charge in [0.1, 0.15) is 5.75 Å². The number of rotatable bonds is 6. The average Bonchev–Trinajstić information content (AvgIpc) is 2.88. The minimum absolute atomic E-state index is 0.0261. The van der Waals surface area contributed by atoms with Crippen molar-refractivity contribution in [3.63, 3.8) is 0 Å². The second kappa shape index (κ2) is 7.80. The van der Waals surface area contributed by atoms with Crippen molar-refractivity contribution in [3.05, 3.63) is 64.2 Å². The number of nitrogens with zero attached hydrogens (tertiary/aromatic N) is 1. The highest BCUT2D eigenvalue weighted by atomic mass is 35.5. The summed E-state index contributed by atoms with van der Waals surface area (Å²) in [5, 5.41) is 3.04. The van der Waals surface area contributed by atoms with Gasteiger partial charge in [0.15, 0.2) is 0 Å². The SMILES string of the molecule is CC(C)Oc1ccc(C(=O)NCCN2C(=O)c3ccccc3C2=O)cc1Cl. The van der Waals surface area contributed by atoms with Crippen molar-refractivity contribution in [2.24, 2.45) is 0 Å². The van der Waals surface area contributed by atoms with Crippen LogP contribution < -0.4 is 10.1 Å². The van der Waals surface area contributed by atoms with Gasteiger partial charge in [0.2, 0.25) is 0 Å². The maximum absolute atomic E-state index is 12.3. The number of imide groups is 1. The minimum atomic E-state index is -0.344. The summed E-state index contributed by atoms with van der Waals surface area (Å²) in [5.41, 5.74) is 1.15. The molecule has 0 aromatic heterocycles. The van der Waals surface area contributed by atoms with Crippen molar-refractivity contribution in [1.82, 2.24) is 10.2 Å². The van der Waals surface area contributed by atoms with Gasteiger partial charge in [-0.1, -0.05) is 23.7 Å². The van der Waals surface area contributed by atoms with Crippen LogP contribution in [0, 0.1) is 0 Å². The lowest BCUT2D eigenvalue weighted by Crippen LogP contribution is -2.38. The number of nitrogens with one attached hydrogen (secondary N) is 1. The zero-order valence-electron chi connectivity index (χ0n) is 15.0. The summed E-state index contributed by atoms with van der Waals surface area (Å²) in [4.78, 5) is 38.0. The number of ether oxygens (including phenoxy) is 1. The second-order valence-electron chi connectivity index (χ2n) is 6.38. The van der Waals surface area contributed by atoms with E-state index >= 15 is 0 Å². The predicted molar refractivity (Wildman–Crippen MR) is 101 cm³/mol. The van der Waals surface area contributed by atoms with Crippen molar-refractivity contribution in [3.8, 4) is 5.75 Å². The van der Waals surface area contributed by atoms with Crippen LogP contribution in [0.15, 0.2) is 42.5 Å². The molecule has 27 heavy (non-hydrogen) atoms. The first-order chi connectivity index (χ1) is 12.9. The summed E-state index contributed by atoms with van der Waals surface area (Å²) in [6.07, 6.45) is -0.0261. The summed E-state index contributed by atoms with van der Waals surface area (Å²) in [6, 6.07) is 11.4. The molecule has 3 amide bonds. The number of halogens is 1. The van der Waals surface area contributed by atoms with Crippen LogP contribution in [-0.4, -0.2) is 41.8 Å². The number of carbonyl (C=O) groups excluding carboxylic acids is 3. The lowest BCUT2D eigenvalue weighted by atomic mass is 10.1. The zero-order valence-corrected chi connectivity index (χ0v) is 15.7. The Balaban J connectivity index is 1.58. The Morgan fingerprint density at radius 2 is 1.74 bits per heavy atom. The van der Waals surface area contributed by atoms with E-state index in [2.05, 4.69) is 5.32 Å². The number of hydrogen-bond acceptors (Lipinski definition) is 4. The number of carbonyl (C=O) groups is 3. The third-order valence-electron chi connectivity index (χ3n) is 4.06. The van der Waals surface area contributed by atoms with E-state index in [0.717, 1.165) is 4.90 Å². The van der Waals surface area contributed by atoms with Crippen LogP contribution in [0.2, 0.25) is 5.02 Å². The molecule has 0 radical (unpaired) electrons. The van der Waals surface area contributed by atoms with Crippen molar-refractivity contribution in [2.75, 3.05) is 13.1 Å². The van der Waals surface area contributed by atoms with Crippen LogP contribution in [-0.2, 0) is 0 Å². The summed E-state index contributed by atoms with van der Waals surface area (Å²) in [7, 11) is 0. The van der Waals surface area contributed by atoms with Crippen LogP contribution in [0.1, 0.15) is 44.9 Å². The molecule has 1 aliphatic heterocycles. The van der Waals surface area contributed by atoms with E-state index in [1.54, 1.807) is 36.4 Å². The minimum Gasteiger partial charge on any atom is -0.489 e. The first kappa shape index (κ1) is 18.9. The molecule has 0 fully saturated rings. The molecular weight excluding hydrogens is 368 g/mol. The number of fused-ring (bicyclic) bond motifs is 1. The van der Waals surface area contributed by atoms with Gasteiger partial charge in [-0.3, -0.25) is 19.3 Å². The Kier molecular flexibility index (Phi) is 5.46. The molecule has 1 N–H and O–H groups in total. The highest BCUT2D eigenvalue weighted by Gasteiger charge is 2.34. The van der Waals surface area contributed by atoms with Crippen molar-refractivity contribution in [1.29, 1.82) is 0 Å². The van der Waals surface area contributed by atoms with Crippen LogP contribution in [0.25, 0.3) is 0 Å². The lowest BCUT2D eigenvalue weighted by Gasteiger charge is -2.15. The number of hydrogen-bond donors (Lipinski definition) is 1. The topological polar surface area (TPSA) is 75.7 Å². The van der Waals surface area contributed by atoms with E-state index in [1.807, 2.05) is 13.8 Å². The molecule has 0 saturated carbocycles. The molecule has 7 heteroatoms. The molecule has 0 unspecified atom stereocenters. The summed E-state index contributed by atoms with van der Waals surface area (Å²) in [5.74, 6) is -0.523. The van der Waals surface area contributed by atoms with Gasteiger partial charge in [-0.15, -0.1) is 0 Å². The number of amides is 3. The Morgan fingerprint density at radius 3 is 2.30 bits per heavy atom. The van der Waals surface area contributed by atoms with Gasteiger partial charge >= 0.3 is 0 Å². The fourth-order valence-corrected chi connectivity index (χ4v) is 3.04. The molecule has 1 heterocycles. The van der Waals surface area contributed by atoms with Crippen molar-refractivity contribution < 1.29 is 19.1 Å². The molecular formula is C20H19ClN2O4. The molecule has 0 saturated heterocycles. The Morgan fingerprint density at radius 1 is 1.11 bits per heavy atom. The fraction of sp³-hybridized carbons (Fsp3) is 0.250. The van der Waals surface area contributed by atoms with Crippen LogP contribution >= 0.6 is 11.6 Å². The zero-order chi connectivity index (χ0) is 19.6. The predicted octanol–water partition coefficient (Wildman–Crippen LogP) is 3.15. The summed E-state index contributed by atoms with van der Waals surface area (Å²) < 4.78 is 5.54. The molecule has 2 aromatic rings. The van der Waals surface area contributed by atoms with Gasteiger partial charge in [-0.2, -0.15) is 0 Å². The largest absolute Gasteiger partial charge is 0.489 e. The maximum atomic E-state index is 12.3. The molecule has 140 valence electrons. The first-order valence-electron chi connectivity index (χ1n) is 8.58. The van der Waals surface area contributed by atoms with Gasteiger partial charge in [-0.25, -0.2) is 0 Å². The molecule has 0 spiro atoms. The van der Waals surface area contributed by atoms with Gasteiger partial charge in [0.05, 0.1) is 22.3 Å². The standard InChI is InChI=1S/C20H19ClN2O4/c1-12(2)27-17-8-7-13(11-16(17)21)18(24)22-9-10-23-19(25)14-5-3-4-6-15(14)20(23)26/h3-8,11-12H,9-10H2,1-2H3,(H,22,24). The van der Waals surface area contributed by atoms with E-state index in [4.69, 9.17) is 16.3 Å². The molecule has 6 nitrogen and oxygen atoms in total.